The highest BCUT2D eigenvalue weighted by molar-refractivity contribution is 14.0. The quantitative estimate of drug-likeness (QED) is 0.395. The molecule has 0 aliphatic carbocycles. The fourth-order valence-electron chi connectivity index (χ4n) is 3.44. The van der Waals surface area contributed by atoms with Crippen molar-refractivity contribution < 1.29 is 0 Å². The number of guanidine groups is 1. The maximum Gasteiger partial charge on any atom is 0.191 e. The number of aliphatic imine (C=N–C) groups is 1. The zero-order chi connectivity index (χ0) is 17.8. The van der Waals surface area contributed by atoms with E-state index in [-0.39, 0.29) is 24.0 Å². The maximum atomic E-state index is 6.26. The van der Waals surface area contributed by atoms with Crippen LogP contribution < -0.4 is 10.6 Å². The van der Waals surface area contributed by atoms with Gasteiger partial charge in [-0.1, -0.05) is 11.6 Å². The van der Waals surface area contributed by atoms with Gasteiger partial charge in [0.05, 0.1) is 6.54 Å². The van der Waals surface area contributed by atoms with Crippen LogP contribution in [0.15, 0.2) is 29.3 Å². The second-order valence-electron chi connectivity index (χ2n) is 7.05. The topological polar surface area (TPSA) is 51.3 Å². The van der Waals surface area contributed by atoms with Crippen molar-refractivity contribution in [2.75, 3.05) is 71.4 Å². The van der Waals surface area contributed by atoms with Crippen molar-refractivity contribution in [1.82, 2.24) is 14.7 Å². The van der Waals surface area contributed by atoms with E-state index in [1.807, 2.05) is 12.1 Å². The van der Waals surface area contributed by atoms with E-state index in [1.54, 1.807) is 0 Å². The molecule has 146 valence electrons. The van der Waals surface area contributed by atoms with Crippen molar-refractivity contribution in [3.8, 4) is 0 Å². The summed E-state index contributed by atoms with van der Waals surface area (Å²) in [4.78, 5) is 14.0. The van der Waals surface area contributed by atoms with Crippen molar-refractivity contribution in [2.45, 2.75) is 6.04 Å². The predicted molar refractivity (Wildman–Crippen MR) is 121 cm³/mol. The predicted octanol–water partition coefficient (Wildman–Crippen LogP) is 1.64. The van der Waals surface area contributed by atoms with Gasteiger partial charge in [0.15, 0.2) is 5.96 Å². The Labute approximate surface area is 179 Å². The highest BCUT2D eigenvalue weighted by atomic mass is 127. The van der Waals surface area contributed by atoms with E-state index in [0.717, 1.165) is 57.4 Å². The first-order valence-electron chi connectivity index (χ1n) is 8.97. The van der Waals surface area contributed by atoms with Gasteiger partial charge in [-0.25, -0.2) is 0 Å². The van der Waals surface area contributed by atoms with Crippen molar-refractivity contribution in [2.24, 2.45) is 10.7 Å². The van der Waals surface area contributed by atoms with Gasteiger partial charge in [-0.15, -0.1) is 24.0 Å². The first-order chi connectivity index (χ1) is 12.0. The number of piperazine rings is 2. The van der Waals surface area contributed by atoms with Crippen molar-refractivity contribution in [1.29, 1.82) is 0 Å². The van der Waals surface area contributed by atoms with Crippen LogP contribution in [0.1, 0.15) is 0 Å². The van der Waals surface area contributed by atoms with Gasteiger partial charge in [0.25, 0.3) is 0 Å². The molecular weight excluding hydrogens is 463 g/mol. The molecular formula is C18H30ClIN6. The van der Waals surface area contributed by atoms with Gasteiger partial charge in [-0.05, 0) is 38.4 Å². The first-order valence-corrected chi connectivity index (χ1v) is 9.35. The number of hydrogen-bond donors (Lipinski definition) is 1. The third-order valence-electron chi connectivity index (χ3n) is 5.24. The van der Waals surface area contributed by atoms with E-state index in [1.165, 1.54) is 5.69 Å². The van der Waals surface area contributed by atoms with Crippen LogP contribution >= 0.6 is 35.6 Å². The maximum absolute atomic E-state index is 6.26. The summed E-state index contributed by atoms with van der Waals surface area (Å²) < 4.78 is 0. The van der Waals surface area contributed by atoms with E-state index in [9.17, 15) is 0 Å². The van der Waals surface area contributed by atoms with Crippen LogP contribution in [0.5, 0.6) is 0 Å². The molecule has 0 aromatic heterocycles. The zero-order valence-electron chi connectivity index (χ0n) is 15.6. The largest absolute Gasteiger partial charge is 0.370 e. The molecule has 1 aromatic carbocycles. The molecule has 2 aliphatic heterocycles. The van der Waals surface area contributed by atoms with Crippen LogP contribution in [-0.2, 0) is 0 Å². The fraction of sp³-hybridized carbons (Fsp3) is 0.611. The Hall–Kier alpha value is -0.770. The third-order valence-corrected chi connectivity index (χ3v) is 5.49. The van der Waals surface area contributed by atoms with Crippen LogP contribution in [0, 0.1) is 0 Å². The first kappa shape index (κ1) is 21.5. The minimum Gasteiger partial charge on any atom is -0.370 e. The van der Waals surface area contributed by atoms with E-state index >= 15 is 0 Å². The molecule has 0 radical (unpaired) electrons. The Morgan fingerprint density at radius 3 is 2.38 bits per heavy atom. The second kappa shape index (κ2) is 9.96. The molecule has 0 amide bonds. The van der Waals surface area contributed by atoms with Gasteiger partial charge in [0.1, 0.15) is 0 Å². The molecule has 2 heterocycles. The van der Waals surface area contributed by atoms with Gasteiger partial charge in [-0.2, -0.15) is 0 Å². The molecule has 1 aromatic rings. The summed E-state index contributed by atoms with van der Waals surface area (Å²) in [7, 11) is 4.34. The number of nitrogens with two attached hydrogens (primary N) is 1. The number of nitrogens with zero attached hydrogens (tertiary/aromatic N) is 5. The van der Waals surface area contributed by atoms with Gasteiger partial charge in [-0.3, -0.25) is 9.89 Å². The fourth-order valence-corrected chi connectivity index (χ4v) is 3.57. The Morgan fingerprint density at radius 1 is 1.08 bits per heavy atom. The Kier molecular flexibility index (Phi) is 8.25. The molecule has 3 rings (SSSR count). The summed E-state index contributed by atoms with van der Waals surface area (Å²) in [5.74, 6) is 0.678. The molecule has 2 saturated heterocycles. The minimum atomic E-state index is 0. The van der Waals surface area contributed by atoms with E-state index < -0.39 is 0 Å². The van der Waals surface area contributed by atoms with Crippen LogP contribution in [0.3, 0.4) is 0 Å². The number of benzene rings is 1. The smallest absolute Gasteiger partial charge is 0.191 e. The molecule has 8 heteroatoms. The van der Waals surface area contributed by atoms with Gasteiger partial charge >= 0.3 is 0 Å². The van der Waals surface area contributed by atoms with Crippen LogP contribution in [0.4, 0.5) is 5.69 Å². The summed E-state index contributed by atoms with van der Waals surface area (Å²) in [5.41, 5.74) is 7.47. The molecule has 26 heavy (non-hydrogen) atoms. The molecule has 2 fully saturated rings. The summed E-state index contributed by atoms with van der Waals surface area (Å²) in [5, 5.41) is 0.775. The monoisotopic (exact) mass is 492 g/mol. The zero-order valence-corrected chi connectivity index (χ0v) is 18.7. The van der Waals surface area contributed by atoms with Crippen molar-refractivity contribution in [3.05, 3.63) is 29.3 Å². The number of anilines is 1. The molecule has 0 bridgehead atoms. The average Bonchev–Trinajstić information content (AvgIpc) is 2.63. The van der Waals surface area contributed by atoms with E-state index in [0.29, 0.717) is 12.0 Å². The Bertz CT molecular complexity index is 588. The lowest BCUT2D eigenvalue weighted by Gasteiger charge is -2.38. The minimum absolute atomic E-state index is 0. The van der Waals surface area contributed by atoms with Crippen LogP contribution in [0.25, 0.3) is 0 Å². The molecule has 2 N–H and O–H groups in total. The van der Waals surface area contributed by atoms with E-state index in [4.69, 9.17) is 17.3 Å². The average molecular weight is 493 g/mol. The molecule has 6 nitrogen and oxygen atoms in total. The third kappa shape index (κ3) is 5.61. The summed E-state index contributed by atoms with van der Waals surface area (Å²) in [6.45, 7) is 7.74. The number of likely N-dealkylation sites (N-methyl/N-ethyl adjacent to an activating group) is 2. The SMILES string of the molecule is CN1CCN(C)C(CN=C(N)N2CCN(c3ccc(Cl)cc3)CC2)C1.I. The normalized spacial score (nSPS) is 23.0. The van der Waals surface area contributed by atoms with Gasteiger partial charge < -0.3 is 20.4 Å². The second-order valence-corrected chi connectivity index (χ2v) is 7.48. The van der Waals surface area contributed by atoms with E-state index in [2.05, 4.69) is 50.8 Å². The van der Waals surface area contributed by atoms with Crippen molar-refractivity contribution in [3.63, 3.8) is 0 Å². The molecule has 2 aliphatic rings. The molecule has 0 saturated carbocycles. The molecule has 0 spiro atoms. The Balaban J connectivity index is 0.00000243. The highest BCUT2D eigenvalue weighted by Crippen LogP contribution is 2.19. The van der Waals surface area contributed by atoms with Crippen LogP contribution in [0.2, 0.25) is 5.02 Å². The molecule has 1 atom stereocenters. The van der Waals surface area contributed by atoms with Gasteiger partial charge in [0, 0.05) is 62.6 Å². The summed E-state index contributed by atoms with van der Waals surface area (Å²) in [6, 6.07) is 8.48. The summed E-state index contributed by atoms with van der Waals surface area (Å²) >= 11 is 5.97. The number of hydrogen-bond acceptors (Lipinski definition) is 4. The van der Waals surface area contributed by atoms with Crippen LogP contribution in [-0.4, -0.2) is 93.2 Å². The Morgan fingerprint density at radius 2 is 1.73 bits per heavy atom. The lowest BCUT2D eigenvalue weighted by molar-refractivity contribution is 0.119. The molecule has 1 unspecified atom stereocenters. The summed E-state index contributed by atoms with van der Waals surface area (Å²) in [6.07, 6.45) is 0. The number of rotatable bonds is 3. The standard InChI is InChI=1S/C18H29ClN6.HI/c1-22-7-8-23(2)17(14-22)13-21-18(20)25-11-9-24(10-12-25)16-5-3-15(19)4-6-16;/h3-6,17H,7-14H2,1-2H3,(H2,20,21);1H. The van der Waals surface area contributed by atoms with Crippen molar-refractivity contribution >= 4 is 47.2 Å². The highest BCUT2D eigenvalue weighted by Gasteiger charge is 2.23. The lowest BCUT2D eigenvalue weighted by atomic mass is 10.2. The lowest BCUT2D eigenvalue weighted by Crippen LogP contribution is -2.53. The van der Waals surface area contributed by atoms with Gasteiger partial charge in [0.2, 0.25) is 0 Å². The number of halogens is 2.